The lowest BCUT2D eigenvalue weighted by molar-refractivity contribution is 0.293. The molecule has 0 spiro atoms. The summed E-state index contributed by atoms with van der Waals surface area (Å²) in [5, 5.41) is 10.2. The first-order valence-corrected chi connectivity index (χ1v) is 18.6. The molecule has 0 saturated heterocycles. The van der Waals surface area contributed by atoms with Crippen molar-refractivity contribution in [2.45, 2.75) is 65.7 Å². The quantitative estimate of drug-likeness (QED) is 0.201. The summed E-state index contributed by atoms with van der Waals surface area (Å²) in [6.45, 7) is 16.1. The summed E-state index contributed by atoms with van der Waals surface area (Å²) in [6.07, 6.45) is 8.09. The van der Waals surface area contributed by atoms with Gasteiger partial charge in [0.25, 0.3) is 0 Å². The maximum absolute atomic E-state index is 5.20. The molecule has 0 radical (unpaired) electrons. The van der Waals surface area contributed by atoms with E-state index in [2.05, 4.69) is 172 Å². The first-order valence-electron chi connectivity index (χ1n) is 18.6. The summed E-state index contributed by atoms with van der Waals surface area (Å²) < 4.78 is 2.43. The molecule has 7 aromatic rings. The average molecular weight is 679 g/mol. The van der Waals surface area contributed by atoms with Crippen LogP contribution in [0.5, 0.6) is 0 Å². The zero-order valence-electron chi connectivity index (χ0n) is 31.3. The molecule has 0 saturated carbocycles. The molecular formula is C48H46N4. The average Bonchev–Trinajstić information content (AvgIpc) is 3.81. The third kappa shape index (κ3) is 4.87. The molecule has 0 bridgehead atoms. The highest BCUT2D eigenvalue weighted by atomic mass is 15.1. The molecule has 0 fully saturated rings. The number of aromatic amines is 1. The molecule has 52 heavy (non-hydrogen) atoms. The zero-order chi connectivity index (χ0) is 36.0. The van der Waals surface area contributed by atoms with Crippen molar-refractivity contribution in [1.82, 2.24) is 19.7 Å². The number of pyridine rings is 1. The molecule has 2 atom stereocenters. The van der Waals surface area contributed by atoms with E-state index in [9.17, 15) is 0 Å². The van der Waals surface area contributed by atoms with Gasteiger partial charge in [-0.15, -0.1) is 0 Å². The van der Waals surface area contributed by atoms with E-state index in [1.165, 1.54) is 55.2 Å². The van der Waals surface area contributed by atoms with E-state index < -0.39 is 5.41 Å². The van der Waals surface area contributed by atoms with Gasteiger partial charge in [-0.3, -0.25) is 10.1 Å². The fourth-order valence-corrected chi connectivity index (χ4v) is 8.78. The van der Waals surface area contributed by atoms with Gasteiger partial charge in [-0.25, -0.2) is 0 Å². The molecule has 1 N–H and O–H groups in total. The Morgan fingerprint density at radius 2 is 1.58 bits per heavy atom. The SMILES string of the molecule is Cc1cc(-c2cccc(-n3c4ccccc4c4ccc([C@@]5(c6ccccn6)C6=CCC(C(C)(C)C)C=C6c6cc(C(C)(C)C)ccc65)cc43)c2)n[nH]1. The molecule has 3 heterocycles. The second-order valence-corrected chi connectivity index (χ2v) is 17.0. The van der Waals surface area contributed by atoms with E-state index in [0.29, 0.717) is 5.92 Å². The molecular weight excluding hydrogens is 633 g/mol. The Balaban J connectivity index is 1.36. The fraction of sp³-hybridized carbons (Fsp3) is 0.250. The van der Waals surface area contributed by atoms with E-state index >= 15 is 0 Å². The number of H-pyrrole nitrogens is 1. The van der Waals surface area contributed by atoms with E-state index in [-0.39, 0.29) is 10.8 Å². The maximum Gasteiger partial charge on any atom is 0.0924 e. The maximum atomic E-state index is 5.20. The molecule has 4 nitrogen and oxygen atoms in total. The molecule has 2 aliphatic carbocycles. The number of aromatic nitrogens is 4. The van der Waals surface area contributed by atoms with Gasteiger partial charge < -0.3 is 4.57 Å². The van der Waals surface area contributed by atoms with Crippen molar-refractivity contribution in [2.75, 3.05) is 0 Å². The molecule has 2 aliphatic rings. The first kappa shape index (κ1) is 32.4. The van der Waals surface area contributed by atoms with Crippen LogP contribution in [0.3, 0.4) is 0 Å². The largest absolute Gasteiger partial charge is 0.309 e. The van der Waals surface area contributed by atoms with Crippen LogP contribution < -0.4 is 0 Å². The van der Waals surface area contributed by atoms with Gasteiger partial charge in [0, 0.05) is 33.9 Å². The van der Waals surface area contributed by atoms with Gasteiger partial charge in [-0.1, -0.05) is 120 Å². The van der Waals surface area contributed by atoms with Crippen LogP contribution in [0.15, 0.2) is 133 Å². The van der Waals surface area contributed by atoms with Gasteiger partial charge >= 0.3 is 0 Å². The van der Waals surface area contributed by atoms with Crippen molar-refractivity contribution < 1.29 is 0 Å². The number of aryl methyl sites for hydroxylation is 1. The summed E-state index contributed by atoms with van der Waals surface area (Å²) in [5.74, 6) is 0.438. The van der Waals surface area contributed by atoms with Crippen LogP contribution >= 0.6 is 0 Å². The lowest BCUT2D eigenvalue weighted by Gasteiger charge is -2.36. The molecule has 4 aromatic carbocycles. The van der Waals surface area contributed by atoms with E-state index in [4.69, 9.17) is 4.98 Å². The van der Waals surface area contributed by atoms with Gasteiger partial charge in [-0.2, -0.15) is 5.10 Å². The Labute approximate surface area is 307 Å². The van der Waals surface area contributed by atoms with Crippen LogP contribution in [0.25, 0.3) is 44.3 Å². The highest BCUT2D eigenvalue weighted by Crippen LogP contribution is 2.60. The second-order valence-electron chi connectivity index (χ2n) is 17.0. The predicted octanol–water partition coefficient (Wildman–Crippen LogP) is 11.9. The number of hydrogen-bond acceptors (Lipinski definition) is 2. The minimum atomic E-state index is -0.578. The van der Waals surface area contributed by atoms with Gasteiger partial charge in [0.05, 0.1) is 27.8 Å². The molecule has 258 valence electrons. The lowest BCUT2D eigenvalue weighted by Crippen LogP contribution is -2.31. The molecule has 9 rings (SSSR count). The summed E-state index contributed by atoms with van der Waals surface area (Å²) in [7, 11) is 0. The Kier molecular flexibility index (Phi) is 7.18. The van der Waals surface area contributed by atoms with Crippen molar-refractivity contribution in [2.24, 2.45) is 11.3 Å². The normalized spacial score (nSPS) is 18.7. The topological polar surface area (TPSA) is 46.5 Å². The molecule has 0 aliphatic heterocycles. The minimum Gasteiger partial charge on any atom is -0.309 e. The van der Waals surface area contributed by atoms with Crippen molar-refractivity contribution in [3.05, 3.63) is 167 Å². The highest BCUT2D eigenvalue weighted by molar-refractivity contribution is 6.10. The van der Waals surface area contributed by atoms with E-state index in [1.54, 1.807) is 0 Å². The van der Waals surface area contributed by atoms with Crippen LogP contribution in [-0.4, -0.2) is 19.7 Å². The Morgan fingerprint density at radius 1 is 0.769 bits per heavy atom. The monoisotopic (exact) mass is 678 g/mol. The lowest BCUT2D eigenvalue weighted by atomic mass is 9.66. The Hall–Kier alpha value is -5.48. The molecule has 4 heteroatoms. The van der Waals surface area contributed by atoms with E-state index in [0.717, 1.165) is 34.8 Å². The number of nitrogens with one attached hydrogen (secondary N) is 1. The molecule has 3 aromatic heterocycles. The zero-order valence-corrected chi connectivity index (χ0v) is 31.3. The van der Waals surface area contributed by atoms with Crippen molar-refractivity contribution >= 4 is 27.4 Å². The number of nitrogens with zero attached hydrogens (tertiary/aromatic N) is 3. The van der Waals surface area contributed by atoms with Crippen molar-refractivity contribution in [3.8, 4) is 16.9 Å². The number of rotatable bonds is 4. The third-order valence-electron chi connectivity index (χ3n) is 11.6. The summed E-state index contributed by atoms with van der Waals surface area (Å²) in [4.78, 5) is 5.20. The smallest absolute Gasteiger partial charge is 0.0924 e. The van der Waals surface area contributed by atoms with Crippen molar-refractivity contribution in [3.63, 3.8) is 0 Å². The molecule has 0 amide bonds. The standard InChI is InChI=1S/C48H46N4/c1-30-25-42(51-50-30)31-13-12-14-35(26-31)52-43-16-9-8-15-36(43)37-21-18-34(29-44(37)52)48(45-17-10-11-24-49-45)40-22-19-32(46(2,3)4)27-38(40)39-28-33(47(5,6)7)20-23-41(39)48/h8-19,21-29,33H,20H2,1-7H3,(H,50,51)/t33?,48-/m0/s1. The van der Waals surface area contributed by atoms with Crippen LogP contribution in [-0.2, 0) is 10.8 Å². The van der Waals surface area contributed by atoms with Crippen LogP contribution in [0.4, 0.5) is 0 Å². The fourth-order valence-electron chi connectivity index (χ4n) is 8.78. The summed E-state index contributed by atoms with van der Waals surface area (Å²) >= 11 is 0. The number of hydrogen-bond donors (Lipinski definition) is 1. The van der Waals surface area contributed by atoms with Crippen LogP contribution in [0, 0.1) is 18.3 Å². The third-order valence-corrected chi connectivity index (χ3v) is 11.6. The minimum absolute atomic E-state index is 0.0246. The Bertz CT molecular complexity index is 2580. The van der Waals surface area contributed by atoms with Gasteiger partial charge in [-0.05, 0) is 106 Å². The Morgan fingerprint density at radius 3 is 2.33 bits per heavy atom. The highest BCUT2D eigenvalue weighted by Gasteiger charge is 2.51. The summed E-state index contributed by atoms with van der Waals surface area (Å²) in [5.41, 5.74) is 15.2. The van der Waals surface area contributed by atoms with Crippen molar-refractivity contribution in [1.29, 1.82) is 0 Å². The summed E-state index contributed by atoms with van der Waals surface area (Å²) in [6, 6.07) is 40.5. The van der Waals surface area contributed by atoms with E-state index in [1.807, 2.05) is 19.2 Å². The number of para-hydroxylation sites is 1. The number of allylic oxidation sites excluding steroid dienone is 4. The van der Waals surface area contributed by atoms with Crippen LogP contribution in [0.2, 0.25) is 0 Å². The van der Waals surface area contributed by atoms with Gasteiger partial charge in [0.1, 0.15) is 0 Å². The predicted molar refractivity (Wildman–Crippen MR) is 216 cm³/mol. The number of benzene rings is 4. The first-order chi connectivity index (χ1) is 24.9. The second kappa shape index (κ2) is 11.5. The van der Waals surface area contributed by atoms with Gasteiger partial charge in [0.2, 0.25) is 0 Å². The number of fused-ring (bicyclic) bond motifs is 6. The van der Waals surface area contributed by atoms with Gasteiger partial charge in [0.15, 0.2) is 0 Å². The molecule has 1 unspecified atom stereocenters. The van der Waals surface area contributed by atoms with Crippen LogP contribution in [0.1, 0.15) is 81.6 Å².